The summed E-state index contributed by atoms with van der Waals surface area (Å²) < 4.78 is 1.80. The van der Waals surface area contributed by atoms with Gasteiger partial charge in [0.05, 0.1) is 0 Å². The third kappa shape index (κ3) is 3.37. The number of imidazole rings is 1. The fourth-order valence-electron chi connectivity index (χ4n) is 4.14. The highest BCUT2D eigenvalue weighted by Crippen LogP contribution is 2.29. The van der Waals surface area contributed by atoms with E-state index in [1.807, 2.05) is 29.2 Å². The normalized spacial score (nSPS) is 16.9. The van der Waals surface area contributed by atoms with Crippen molar-refractivity contribution < 1.29 is 4.79 Å². The third-order valence-corrected chi connectivity index (χ3v) is 5.94. The third-order valence-electron chi connectivity index (χ3n) is 5.94. The van der Waals surface area contributed by atoms with Gasteiger partial charge in [0.1, 0.15) is 30.0 Å². The van der Waals surface area contributed by atoms with E-state index in [0.717, 1.165) is 42.8 Å². The second-order valence-corrected chi connectivity index (χ2v) is 7.91. The molecular weight excluding hydrogens is 364 g/mol. The fraction of sp³-hybridized carbons (Fsp3) is 0.364. The van der Waals surface area contributed by atoms with E-state index in [2.05, 4.69) is 32.8 Å². The van der Waals surface area contributed by atoms with Crippen LogP contribution in [0.2, 0.25) is 0 Å². The van der Waals surface area contributed by atoms with E-state index in [0.29, 0.717) is 12.2 Å². The molecular formula is C22H24N6O. The Bertz CT molecular complexity index is 1040. The van der Waals surface area contributed by atoms with Crippen molar-refractivity contribution in [2.75, 3.05) is 29.4 Å². The highest BCUT2D eigenvalue weighted by Gasteiger charge is 2.26. The van der Waals surface area contributed by atoms with Crippen molar-refractivity contribution in [3.05, 3.63) is 60.4 Å². The van der Waals surface area contributed by atoms with E-state index in [1.54, 1.807) is 23.4 Å². The maximum Gasteiger partial charge on any atom is 0.278 e. The van der Waals surface area contributed by atoms with E-state index in [9.17, 15) is 4.79 Å². The Morgan fingerprint density at radius 3 is 2.69 bits per heavy atom. The van der Waals surface area contributed by atoms with Crippen LogP contribution in [-0.2, 0) is 6.42 Å². The molecule has 0 aliphatic carbocycles. The zero-order valence-electron chi connectivity index (χ0n) is 16.5. The summed E-state index contributed by atoms with van der Waals surface area (Å²) in [6.45, 7) is 5.01. The van der Waals surface area contributed by atoms with Gasteiger partial charge in [-0.25, -0.2) is 15.0 Å². The van der Waals surface area contributed by atoms with Crippen LogP contribution in [0.25, 0.3) is 5.82 Å². The van der Waals surface area contributed by atoms with Gasteiger partial charge in [-0.1, -0.05) is 25.1 Å². The number of nitrogens with zero attached hydrogens (tertiary/aromatic N) is 6. The van der Waals surface area contributed by atoms with Gasteiger partial charge >= 0.3 is 0 Å². The number of rotatable bonds is 3. The van der Waals surface area contributed by atoms with Gasteiger partial charge in [0.25, 0.3) is 5.91 Å². The van der Waals surface area contributed by atoms with Crippen LogP contribution in [0.1, 0.15) is 35.8 Å². The molecule has 0 spiro atoms. The molecule has 3 aromatic rings. The molecule has 148 valence electrons. The van der Waals surface area contributed by atoms with Crippen LogP contribution in [0.5, 0.6) is 0 Å². The summed E-state index contributed by atoms with van der Waals surface area (Å²) in [7, 11) is 0. The van der Waals surface area contributed by atoms with Crippen molar-refractivity contribution >= 4 is 17.4 Å². The number of carbonyl (C=O) groups is 1. The van der Waals surface area contributed by atoms with Crippen LogP contribution in [0, 0.1) is 5.92 Å². The highest BCUT2D eigenvalue weighted by atomic mass is 16.2. The lowest BCUT2D eigenvalue weighted by molar-refractivity contribution is 0.0985. The van der Waals surface area contributed by atoms with E-state index in [-0.39, 0.29) is 5.91 Å². The summed E-state index contributed by atoms with van der Waals surface area (Å²) in [4.78, 5) is 30.3. The predicted molar refractivity (Wildman–Crippen MR) is 112 cm³/mol. The molecule has 29 heavy (non-hydrogen) atoms. The number of benzene rings is 1. The van der Waals surface area contributed by atoms with Crippen molar-refractivity contribution in [2.24, 2.45) is 5.92 Å². The quantitative estimate of drug-likeness (QED) is 0.690. The molecule has 7 nitrogen and oxygen atoms in total. The first-order valence-corrected chi connectivity index (χ1v) is 10.2. The van der Waals surface area contributed by atoms with Gasteiger partial charge in [-0.2, -0.15) is 0 Å². The van der Waals surface area contributed by atoms with Gasteiger partial charge in [-0.15, -0.1) is 0 Å². The van der Waals surface area contributed by atoms with Gasteiger partial charge in [0, 0.05) is 37.6 Å². The number of amides is 1. The molecule has 1 fully saturated rings. The average molecular weight is 388 g/mol. The second kappa shape index (κ2) is 7.31. The molecule has 2 aliphatic heterocycles. The van der Waals surface area contributed by atoms with E-state index in [1.165, 1.54) is 18.4 Å². The van der Waals surface area contributed by atoms with Crippen LogP contribution in [0.4, 0.5) is 11.5 Å². The molecule has 0 atom stereocenters. The first-order valence-electron chi connectivity index (χ1n) is 10.2. The van der Waals surface area contributed by atoms with Crippen LogP contribution in [0.15, 0.2) is 49.2 Å². The monoisotopic (exact) mass is 388 g/mol. The molecule has 2 aliphatic rings. The minimum Gasteiger partial charge on any atom is -0.356 e. The Labute approximate surface area is 170 Å². The second-order valence-electron chi connectivity index (χ2n) is 7.91. The molecule has 1 amide bonds. The number of anilines is 2. The van der Waals surface area contributed by atoms with Crippen molar-refractivity contribution in [1.29, 1.82) is 0 Å². The first-order chi connectivity index (χ1) is 14.2. The molecule has 2 aromatic heterocycles. The van der Waals surface area contributed by atoms with E-state index >= 15 is 0 Å². The van der Waals surface area contributed by atoms with Crippen LogP contribution < -0.4 is 9.80 Å². The van der Waals surface area contributed by atoms with Crippen LogP contribution in [0.3, 0.4) is 0 Å². The Hall–Kier alpha value is -3.22. The van der Waals surface area contributed by atoms with Gasteiger partial charge in [0.2, 0.25) is 0 Å². The van der Waals surface area contributed by atoms with Crippen molar-refractivity contribution in [1.82, 2.24) is 19.5 Å². The lowest BCUT2D eigenvalue weighted by Crippen LogP contribution is -2.33. The Morgan fingerprint density at radius 1 is 1.03 bits per heavy atom. The Kier molecular flexibility index (Phi) is 4.50. The van der Waals surface area contributed by atoms with Crippen LogP contribution >= 0.6 is 0 Å². The summed E-state index contributed by atoms with van der Waals surface area (Å²) in [5.74, 6) is 2.34. The summed E-state index contributed by atoms with van der Waals surface area (Å²) >= 11 is 0. The van der Waals surface area contributed by atoms with Gasteiger partial charge in [-0.05, 0) is 36.8 Å². The topological polar surface area (TPSA) is 67.2 Å². The summed E-state index contributed by atoms with van der Waals surface area (Å²) in [5, 5.41) is 0. The summed E-state index contributed by atoms with van der Waals surface area (Å²) in [6.07, 6.45) is 8.24. The van der Waals surface area contributed by atoms with Crippen molar-refractivity contribution in [3.63, 3.8) is 0 Å². The number of aromatic nitrogens is 4. The maximum absolute atomic E-state index is 13.0. The maximum atomic E-state index is 13.0. The number of hydrogen-bond donors (Lipinski definition) is 0. The molecule has 5 rings (SSSR count). The SMILES string of the molecule is CC1CCN(c2cc(-n3cnc(C(=O)N4CCc5ccccc54)c3)ncn2)CC1. The van der Waals surface area contributed by atoms with Crippen molar-refractivity contribution in [3.8, 4) is 5.82 Å². The van der Waals surface area contributed by atoms with Gasteiger partial charge in [-0.3, -0.25) is 9.36 Å². The molecule has 0 saturated carbocycles. The summed E-state index contributed by atoms with van der Waals surface area (Å²) in [6, 6.07) is 10.0. The number of fused-ring (bicyclic) bond motifs is 1. The fourth-order valence-corrected chi connectivity index (χ4v) is 4.14. The lowest BCUT2D eigenvalue weighted by atomic mass is 9.99. The molecule has 4 heterocycles. The number of hydrogen-bond acceptors (Lipinski definition) is 5. The lowest BCUT2D eigenvalue weighted by Gasteiger charge is -2.31. The Balaban J connectivity index is 1.37. The molecule has 0 radical (unpaired) electrons. The standard InChI is InChI=1S/C22H24N6O/c1-16-6-9-26(10-7-16)20-12-21(24-14-23-20)27-13-18(25-15-27)22(29)28-11-8-17-4-2-3-5-19(17)28/h2-5,12-16H,6-11H2,1H3. The molecule has 0 bridgehead atoms. The average Bonchev–Trinajstić information content (AvgIpc) is 3.42. The molecule has 0 N–H and O–H groups in total. The van der Waals surface area contributed by atoms with E-state index < -0.39 is 0 Å². The van der Waals surface area contributed by atoms with Gasteiger partial charge < -0.3 is 9.80 Å². The number of piperidine rings is 1. The minimum absolute atomic E-state index is 0.0759. The smallest absolute Gasteiger partial charge is 0.278 e. The number of para-hydroxylation sites is 1. The molecule has 0 unspecified atom stereocenters. The van der Waals surface area contributed by atoms with Crippen molar-refractivity contribution in [2.45, 2.75) is 26.2 Å². The Morgan fingerprint density at radius 2 is 1.83 bits per heavy atom. The molecule has 7 heteroatoms. The molecule has 1 aromatic carbocycles. The van der Waals surface area contributed by atoms with Gasteiger partial charge in [0.15, 0.2) is 0 Å². The molecule has 1 saturated heterocycles. The minimum atomic E-state index is -0.0759. The van der Waals surface area contributed by atoms with Crippen LogP contribution in [-0.4, -0.2) is 45.1 Å². The zero-order valence-corrected chi connectivity index (χ0v) is 16.5. The largest absolute Gasteiger partial charge is 0.356 e. The first kappa shape index (κ1) is 17.8. The van der Waals surface area contributed by atoms with E-state index in [4.69, 9.17) is 0 Å². The highest BCUT2D eigenvalue weighted by molar-refractivity contribution is 6.06. The number of carbonyl (C=O) groups excluding carboxylic acids is 1. The predicted octanol–water partition coefficient (Wildman–Crippen LogP) is 3.10. The summed E-state index contributed by atoms with van der Waals surface area (Å²) in [5.41, 5.74) is 2.61. The zero-order chi connectivity index (χ0) is 19.8.